The van der Waals surface area contributed by atoms with Crippen molar-refractivity contribution in [3.8, 4) is 0 Å². The van der Waals surface area contributed by atoms with Gasteiger partial charge in [-0.15, -0.1) is 0 Å². The van der Waals surface area contributed by atoms with Gasteiger partial charge in [-0.3, -0.25) is 0 Å². The Kier molecular flexibility index (Phi) is 3.63. The number of allylic oxidation sites excluding steroid dienone is 4. The van der Waals surface area contributed by atoms with Gasteiger partial charge >= 0.3 is 0 Å². The van der Waals surface area contributed by atoms with Crippen LogP contribution in [0.1, 0.15) is 30.4 Å². The van der Waals surface area contributed by atoms with Crippen LogP contribution in [0.25, 0.3) is 11.1 Å². The van der Waals surface area contributed by atoms with Gasteiger partial charge < -0.3 is 0 Å². The smallest absolute Gasteiger partial charge is 0.228 e. The standard InChI is InChI=1S/C19H17FN2O2S/c20-18-7-4-14(12-22-18)17-11-19(8-1-9-19)10-16(17)13-2-5-15(6-3-13)25(21,23)24/h2-7,10-12H,1,8-9H2,(H2,21,23,24). The molecule has 0 aliphatic heterocycles. The highest BCUT2D eigenvalue weighted by molar-refractivity contribution is 7.89. The second kappa shape index (κ2) is 5.61. The highest BCUT2D eigenvalue weighted by atomic mass is 32.2. The van der Waals surface area contributed by atoms with E-state index in [-0.39, 0.29) is 10.3 Å². The van der Waals surface area contributed by atoms with Crippen molar-refractivity contribution in [1.29, 1.82) is 0 Å². The maximum atomic E-state index is 13.2. The fourth-order valence-electron chi connectivity index (χ4n) is 3.48. The first kappa shape index (κ1) is 16.2. The molecule has 0 saturated heterocycles. The lowest BCUT2D eigenvalue weighted by Gasteiger charge is -2.34. The minimum absolute atomic E-state index is 0.0532. The Balaban J connectivity index is 1.77. The molecule has 1 aromatic carbocycles. The molecule has 1 aromatic heterocycles. The third-order valence-electron chi connectivity index (χ3n) is 4.97. The van der Waals surface area contributed by atoms with Crippen LogP contribution in [0.4, 0.5) is 4.39 Å². The summed E-state index contributed by atoms with van der Waals surface area (Å²) in [6.07, 6.45) is 9.36. The molecule has 1 spiro atoms. The molecule has 1 fully saturated rings. The molecule has 0 unspecified atom stereocenters. The van der Waals surface area contributed by atoms with Crippen LogP contribution >= 0.6 is 0 Å². The maximum absolute atomic E-state index is 13.2. The summed E-state index contributed by atoms with van der Waals surface area (Å²) in [6.45, 7) is 0. The fourth-order valence-corrected chi connectivity index (χ4v) is 4.00. The molecule has 1 heterocycles. The van der Waals surface area contributed by atoms with E-state index in [1.807, 2.05) is 0 Å². The first-order valence-corrected chi connectivity index (χ1v) is 9.62. The van der Waals surface area contributed by atoms with E-state index in [9.17, 15) is 12.8 Å². The van der Waals surface area contributed by atoms with Gasteiger partial charge in [-0.2, -0.15) is 4.39 Å². The van der Waals surface area contributed by atoms with Crippen LogP contribution in [0.2, 0.25) is 0 Å². The first-order chi connectivity index (χ1) is 11.9. The summed E-state index contributed by atoms with van der Waals surface area (Å²) in [6, 6.07) is 9.61. The summed E-state index contributed by atoms with van der Waals surface area (Å²) in [7, 11) is -3.72. The van der Waals surface area contributed by atoms with Gasteiger partial charge in [0.15, 0.2) is 0 Å². The van der Waals surface area contributed by atoms with E-state index in [2.05, 4.69) is 17.1 Å². The fraction of sp³-hybridized carbons (Fsp3) is 0.211. The number of halogens is 1. The van der Waals surface area contributed by atoms with Gasteiger partial charge in [-0.1, -0.05) is 30.7 Å². The zero-order valence-corrected chi connectivity index (χ0v) is 14.3. The number of primary sulfonamides is 1. The Bertz CT molecular complexity index is 987. The number of nitrogens with two attached hydrogens (primary N) is 1. The molecule has 25 heavy (non-hydrogen) atoms. The Labute approximate surface area is 146 Å². The number of sulfonamides is 1. The molecular weight excluding hydrogens is 339 g/mol. The van der Waals surface area contributed by atoms with Crippen molar-refractivity contribution in [3.63, 3.8) is 0 Å². The second-order valence-corrected chi connectivity index (χ2v) is 8.20. The van der Waals surface area contributed by atoms with Crippen molar-refractivity contribution in [2.45, 2.75) is 24.2 Å². The molecule has 128 valence electrons. The lowest BCUT2D eigenvalue weighted by molar-refractivity contribution is 0.282. The summed E-state index contributed by atoms with van der Waals surface area (Å²) in [5.74, 6) is -0.510. The molecule has 0 amide bonds. The maximum Gasteiger partial charge on any atom is 0.238 e. The predicted molar refractivity (Wildman–Crippen MR) is 94.2 cm³/mol. The Morgan fingerprint density at radius 3 is 2.04 bits per heavy atom. The van der Waals surface area contributed by atoms with Crippen molar-refractivity contribution in [3.05, 3.63) is 71.8 Å². The Morgan fingerprint density at radius 2 is 1.56 bits per heavy atom. The summed E-state index contributed by atoms with van der Waals surface area (Å²) in [5, 5.41) is 5.17. The lowest BCUT2D eigenvalue weighted by Crippen LogP contribution is -2.22. The third-order valence-corrected chi connectivity index (χ3v) is 5.90. The van der Waals surface area contributed by atoms with E-state index >= 15 is 0 Å². The van der Waals surface area contributed by atoms with Crippen LogP contribution in [0.5, 0.6) is 0 Å². The van der Waals surface area contributed by atoms with Crippen LogP contribution in [-0.4, -0.2) is 13.4 Å². The van der Waals surface area contributed by atoms with Gasteiger partial charge in [0, 0.05) is 17.2 Å². The van der Waals surface area contributed by atoms with Crippen LogP contribution in [0, 0.1) is 11.4 Å². The average Bonchev–Trinajstić information content (AvgIpc) is 2.96. The summed E-state index contributed by atoms with van der Waals surface area (Å²) >= 11 is 0. The van der Waals surface area contributed by atoms with Gasteiger partial charge in [0.05, 0.1) is 4.90 Å². The van der Waals surface area contributed by atoms with E-state index < -0.39 is 16.0 Å². The number of hydrogen-bond acceptors (Lipinski definition) is 3. The molecule has 6 heteroatoms. The molecule has 0 radical (unpaired) electrons. The van der Waals surface area contributed by atoms with Gasteiger partial charge in [0.25, 0.3) is 0 Å². The largest absolute Gasteiger partial charge is 0.238 e. The predicted octanol–water partition coefficient (Wildman–Crippen LogP) is 3.52. The van der Waals surface area contributed by atoms with Gasteiger partial charge in [0.1, 0.15) is 0 Å². The second-order valence-electron chi connectivity index (χ2n) is 6.64. The van der Waals surface area contributed by atoms with E-state index in [0.29, 0.717) is 0 Å². The molecule has 4 nitrogen and oxygen atoms in total. The summed E-state index contributed by atoms with van der Waals surface area (Å²) in [5.41, 5.74) is 3.85. The average molecular weight is 356 g/mol. The molecule has 2 N–H and O–H groups in total. The number of nitrogens with zero attached hydrogens (tertiary/aromatic N) is 1. The molecular formula is C19H17FN2O2S. The van der Waals surface area contributed by atoms with Crippen molar-refractivity contribution >= 4 is 21.2 Å². The van der Waals surface area contributed by atoms with Gasteiger partial charge in [-0.25, -0.2) is 18.5 Å². The van der Waals surface area contributed by atoms with Crippen LogP contribution in [0.15, 0.2) is 59.6 Å². The van der Waals surface area contributed by atoms with Crippen LogP contribution in [0.3, 0.4) is 0 Å². The Morgan fingerprint density at radius 1 is 0.960 bits per heavy atom. The zero-order valence-electron chi connectivity index (χ0n) is 13.4. The lowest BCUT2D eigenvalue weighted by atomic mass is 9.70. The summed E-state index contributed by atoms with van der Waals surface area (Å²) in [4.78, 5) is 3.84. The molecule has 2 aliphatic rings. The summed E-state index contributed by atoms with van der Waals surface area (Å²) < 4.78 is 36.1. The SMILES string of the molecule is NS(=O)(=O)c1ccc(C2=CC3(C=C2c2ccc(F)nc2)CCC3)cc1. The van der Waals surface area contributed by atoms with Crippen molar-refractivity contribution in [2.75, 3.05) is 0 Å². The molecule has 0 atom stereocenters. The molecule has 1 saturated carbocycles. The number of pyridine rings is 1. The minimum Gasteiger partial charge on any atom is -0.228 e. The van der Waals surface area contributed by atoms with Crippen molar-refractivity contribution in [1.82, 2.24) is 4.98 Å². The monoisotopic (exact) mass is 356 g/mol. The van der Waals surface area contributed by atoms with Crippen LogP contribution in [-0.2, 0) is 10.0 Å². The van der Waals surface area contributed by atoms with Crippen molar-refractivity contribution in [2.24, 2.45) is 10.6 Å². The first-order valence-electron chi connectivity index (χ1n) is 8.08. The highest BCUT2D eigenvalue weighted by Crippen LogP contribution is 2.53. The zero-order chi connectivity index (χ0) is 17.7. The van der Waals surface area contributed by atoms with Crippen LogP contribution < -0.4 is 5.14 Å². The molecule has 2 aliphatic carbocycles. The number of hydrogen-bond donors (Lipinski definition) is 1. The third kappa shape index (κ3) is 2.92. The molecule has 0 bridgehead atoms. The highest BCUT2D eigenvalue weighted by Gasteiger charge is 2.38. The van der Waals surface area contributed by atoms with Gasteiger partial charge in [-0.05, 0) is 53.8 Å². The number of benzene rings is 1. The quantitative estimate of drug-likeness (QED) is 0.855. The topological polar surface area (TPSA) is 73.1 Å². The number of rotatable bonds is 3. The number of aromatic nitrogens is 1. The Hall–Kier alpha value is -2.31. The van der Waals surface area contributed by atoms with E-state index in [4.69, 9.17) is 5.14 Å². The molecule has 4 rings (SSSR count). The van der Waals surface area contributed by atoms with E-state index in [1.54, 1.807) is 18.2 Å². The van der Waals surface area contributed by atoms with Crippen molar-refractivity contribution < 1.29 is 12.8 Å². The van der Waals surface area contributed by atoms with Gasteiger partial charge in [0.2, 0.25) is 16.0 Å². The minimum atomic E-state index is -3.72. The normalized spacial score (nSPS) is 18.6. The van der Waals surface area contributed by atoms with E-state index in [1.165, 1.54) is 30.8 Å². The van der Waals surface area contributed by atoms with E-state index in [0.717, 1.165) is 35.1 Å². The molecule has 2 aromatic rings.